The highest BCUT2D eigenvalue weighted by Crippen LogP contribution is 2.30. The van der Waals surface area contributed by atoms with Crippen molar-refractivity contribution in [3.8, 4) is 0 Å². The number of nitrogens with zero attached hydrogens (tertiary/aromatic N) is 4. The second-order valence-corrected chi connectivity index (χ2v) is 8.38. The normalized spacial score (nSPS) is 14.2. The van der Waals surface area contributed by atoms with Gasteiger partial charge >= 0.3 is 6.09 Å². The minimum Gasteiger partial charge on any atom is -0.459 e. The fourth-order valence-corrected chi connectivity index (χ4v) is 3.13. The van der Waals surface area contributed by atoms with Crippen molar-refractivity contribution in [2.24, 2.45) is 0 Å². The van der Waals surface area contributed by atoms with Gasteiger partial charge in [-0.3, -0.25) is 0 Å². The molecular weight excluding hydrogens is 384 g/mol. The summed E-state index contributed by atoms with van der Waals surface area (Å²) in [6.45, 7) is 5.46. The molecule has 0 spiro atoms. The Labute approximate surface area is 172 Å². The Bertz CT molecular complexity index is 1250. The molecule has 0 amide bonds. The Balaban J connectivity index is 1.42. The molecule has 1 fully saturated rings. The molecule has 1 aliphatic carbocycles. The van der Waals surface area contributed by atoms with Gasteiger partial charge in [0.2, 0.25) is 5.95 Å². The van der Waals surface area contributed by atoms with E-state index < -0.39 is 11.7 Å². The molecular formula is C21H22N6O3. The number of hydrogen-bond donors (Lipinski definition) is 2. The van der Waals surface area contributed by atoms with Gasteiger partial charge in [-0.25, -0.2) is 9.78 Å². The number of ether oxygens (including phenoxy) is 1. The standard InChI is InChI=1S/C21H22N6O3/c1-21(2,3)30-20(28)27-16-7-6-14(10-12(16)11-22-27)24-19-25-15-8-9-29-17(15)18(26-19)23-13-4-5-13/h6-11,13H,4-5H2,1-3H3,(H2,23,24,25,26). The van der Waals surface area contributed by atoms with Crippen LogP contribution < -0.4 is 10.6 Å². The maximum atomic E-state index is 12.4. The fourth-order valence-electron chi connectivity index (χ4n) is 3.13. The van der Waals surface area contributed by atoms with E-state index in [1.165, 1.54) is 4.68 Å². The Hall–Kier alpha value is -3.62. The lowest BCUT2D eigenvalue weighted by Gasteiger charge is -2.19. The number of rotatable bonds is 4. The van der Waals surface area contributed by atoms with Crippen molar-refractivity contribution >= 4 is 45.5 Å². The van der Waals surface area contributed by atoms with Gasteiger partial charge in [0.05, 0.1) is 18.0 Å². The Kier molecular flexibility index (Phi) is 4.12. The maximum Gasteiger partial charge on any atom is 0.435 e. The number of fused-ring (bicyclic) bond motifs is 2. The second kappa shape index (κ2) is 6.72. The van der Waals surface area contributed by atoms with E-state index in [9.17, 15) is 4.79 Å². The van der Waals surface area contributed by atoms with E-state index in [2.05, 4.69) is 25.7 Å². The van der Waals surface area contributed by atoms with Crippen LogP contribution in [0.15, 0.2) is 41.1 Å². The smallest absolute Gasteiger partial charge is 0.435 e. The van der Waals surface area contributed by atoms with E-state index in [0.29, 0.717) is 28.9 Å². The molecule has 5 rings (SSSR count). The largest absolute Gasteiger partial charge is 0.459 e. The van der Waals surface area contributed by atoms with E-state index >= 15 is 0 Å². The summed E-state index contributed by atoms with van der Waals surface area (Å²) in [6.07, 6.45) is 4.99. The highest BCUT2D eigenvalue weighted by Gasteiger charge is 2.24. The number of hydrogen-bond acceptors (Lipinski definition) is 8. The summed E-state index contributed by atoms with van der Waals surface area (Å²) >= 11 is 0. The zero-order chi connectivity index (χ0) is 20.9. The first kappa shape index (κ1) is 18.4. The Morgan fingerprint density at radius 1 is 1.23 bits per heavy atom. The van der Waals surface area contributed by atoms with Gasteiger partial charge in [0.1, 0.15) is 11.1 Å². The summed E-state index contributed by atoms with van der Waals surface area (Å²) in [5, 5.41) is 11.6. The number of benzene rings is 1. The molecule has 0 saturated heterocycles. The molecule has 0 atom stereocenters. The first-order valence-electron chi connectivity index (χ1n) is 9.86. The summed E-state index contributed by atoms with van der Waals surface area (Å²) in [6, 6.07) is 7.81. The van der Waals surface area contributed by atoms with Crippen molar-refractivity contribution in [2.45, 2.75) is 45.3 Å². The third-order valence-corrected chi connectivity index (χ3v) is 4.61. The van der Waals surface area contributed by atoms with Gasteiger partial charge in [-0.15, -0.1) is 0 Å². The molecule has 4 aromatic rings. The number of carbonyl (C=O) groups is 1. The molecule has 2 N–H and O–H groups in total. The van der Waals surface area contributed by atoms with E-state index in [-0.39, 0.29) is 0 Å². The summed E-state index contributed by atoms with van der Waals surface area (Å²) in [5.41, 5.74) is 2.24. The number of carbonyl (C=O) groups excluding carboxylic acids is 1. The third-order valence-electron chi connectivity index (χ3n) is 4.61. The van der Waals surface area contributed by atoms with Gasteiger partial charge < -0.3 is 19.8 Å². The average Bonchev–Trinajstić information content (AvgIpc) is 3.19. The summed E-state index contributed by atoms with van der Waals surface area (Å²) in [5.74, 6) is 1.15. The molecule has 1 aliphatic rings. The van der Waals surface area contributed by atoms with Gasteiger partial charge in [0, 0.05) is 23.2 Å². The van der Waals surface area contributed by atoms with Crippen LogP contribution in [0.5, 0.6) is 0 Å². The van der Waals surface area contributed by atoms with E-state index in [4.69, 9.17) is 9.15 Å². The molecule has 3 aromatic heterocycles. The lowest BCUT2D eigenvalue weighted by atomic mass is 10.2. The van der Waals surface area contributed by atoms with Crippen LogP contribution in [0.3, 0.4) is 0 Å². The zero-order valence-corrected chi connectivity index (χ0v) is 17.0. The Morgan fingerprint density at radius 3 is 2.83 bits per heavy atom. The van der Waals surface area contributed by atoms with Gasteiger partial charge in [-0.2, -0.15) is 14.8 Å². The molecule has 9 heteroatoms. The number of nitrogens with one attached hydrogen (secondary N) is 2. The second-order valence-electron chi connectivity index (χ2n) is 8.38. The highest BCUT2D eigenvalue weighted by atomic mass is 16.6. The maximum absolute atomic E-state index is 12.4. The van der Waals surface area contributed by atoms with Crippen molar-refractivity contribution in [1.29, 1.82) is 0 Å². The van der Waals surface area contributed by atoms with Crippen LogP contribution in [-0.4, -0.2) is 37.5 Å². The van der Waals surface area contributed by atoms with Crippen LogP contribution in [0.2, 0.25) is 0 Å². The van der Waals surface area contributed by atoms with Crippen LogP contribution in [0.1, 0.15) is 33.6 Å². The monoisotopic (exact) mass is 406 g/mol. The molecule has 0 radical (unpaired) electrons. The zero-order valence-electron chi connectivity index (χ0n) is 17.0. The molecule has 0 unspecified atom stereocenters. The number of aromatic nitrogens is 4. The van der Waals surface area contributed by atoms with Crippen molar-refractivity contribution in [3.05, 3.63) is 36.7 Å². The third kappa shape index (κ3) is 3.66. The van der Waals surface area contributed by atoms with Crippen LogP contribution in [0.25, 0.3) is 22.0 Å². The van der Waals surface area contributed by atoms with E-state index in [1.54, 1.807) is 12.5 Å². The average molecular weight is 406 g/mol. The lowest BCUT2D eigenvalue weighted by Crippen LogP contribution is -2.27. The first-order chi connectivity index (χ1) is 14.4. The molecule has 0 bridgehead atoms. The summed E-state index contributed by atoms with van der Waals surface area (Å²) in [7, 11) is 0. The lowest BCUT2D eigenvalue weighted by molar-refractivity contribution is 0.0522. The number of anilines is 3. The van der Waals surface area contributed by atoms with Crippen LogP contribution >= 0.6 is 0 Å². The van der Waals surface area contributed by atoms with Crippen molar-refractivity contribution < 1.29 is 13.9 Å². The first-order valence-corrected chi connectivity index (χ1v) is 9.86. The highest BCUT2D eigenvalue weighted by molar-refractivity contribution is 5.90. The van der Waals surface area contributed by atoms with Gasteiger partial charge in [-0.05, 0) is 51.8 Å². The van der Waals surface area contributed by atoms with Crippen LogP contribution in [-0.2, 0) is 4.74 Å². The van der Waals surface area contributed by atoms with Crippen molar-refractivity contribution in [1.82, 2.24) is 19.7 Å². The summed E-state index contributed by atoms with van der Waals surface area (Å²) < 4.78 is 12.2. The SMILES string of the molecule is CC(C)(C)OC(=O)n1ncc2cc(Nc3nc(NC4CC4)c4occc4n3)ccc21. The van der Waals surface area contributed by atoms with E-state index in [1.807, 2.05) is 45.0 Å². The molecule has 3 heterocycles. The molecule has 1 saturated carbocycles. The van der Waals surface area contributed by atoms with E-state index in [0.717, 1.165) is 29.4 Å². The molecule has 1 aromatic carbocycles. The minimum atomic E-state index is -0.591. The summed E-state index contributed by atoms with van der Waals surface area (Å²) in [4.78, 5) is 21.5. The van der Waals surface area contributed by atoms with Gasteiger partial charge in [-0.1, -0.05) is 0 Å². The molecule has 154 valence electrons. The van der Waals surface area contributed by atoms with Crippen LogP contribution in [0.4, 0.5) is 22.2 Å². The molecule has 30 heavy (non-hydrogen) atoms. The van der Waals surface area contributed by atoms with Crippen molar-refractivity contribution in [2.75, 3.05) is 10.6 Å². The quantitative estimate of drug-likeness (QED) is 0.503. The predicted molar refractivity (Wildman–Crippen MR) is 113 cm³/mol. The minimum absolute atomic E-state index is 0.441. The number of furan rings is 1. The van der Waals surface area contributed by atoms with Crippen molar-refractivity contribution in [3.63, 3.8) is 0 Å². The molecule has 0 aliphatic heterocycles. The van der Waals surface area contributed by atoms with Crippen LogP contribution in [0, 0.1) is 0 Å². The fraction of sp³-hybridized carbons (Fsp3) is 0.333. The Morgan fingerprint density at radius 2 is 2.07 bits per heavy atom. The molecule has 9 nitrogen and oxygen atoms in total. The van der Waals surface area contributed by atoms with Gasteiger partial charge in [0.25, 0.3) is 0 Å². The topological polar surface area (TPSA) is 107 Å². The predicted octanol–water partition coefficient (Wildman–Crippen LogP) is 4.67. The van der Waals surface area contributed by atoms with Gasteiger partial charge in [0.15, 0.2) is 11.4 Å².